The molecular formula is C18H30O5. The van der Waals surface area contributed by atoms with Crippen LogP contribution in [0, 0.1) is 23.7 Å². The maximum atomic E-state index is 10.2. The quantitative estimate of drug-likeness (QED) is 0.808. The molecule has 4 aliphatic rings. The van der Waals surface area contributed by atoms with Crippen LogP contribution in [0.1, 0.15) is 46.5 Å². The molecule has 2 aliphatic heterocycles. The first kappa shape index (κ1) is 16.3. The molecule has 0 bridgehead atoms. The van der Waals surface area contributed by atoms with Crippen LogP contribution in [0.25, 0.3) is 0 Å². The van der Waals surface area contributed by atoms with Crippen molar-refractivity contribution in [3.63, 3.8) is 0 Å². The third kappa shape index (κ3) is 2.17. The van der Waals surface area contributed by atoms with Gasteiger partial charge in [0.2, 0.25) is 0 Å². The van der Waals surface area contributed by atoms with Crippen LogP contribution in [-0.2, 0) is 14.2 Å². The van der Waals surface area contributed by atoms with Gasteiger partial charge >= 0.3 is 0 Å². The molecule has 2 aliphatic carbocycles. The van der Waals surface area contributed by atoms with Crippen molar-refractivity contribution in [2.75, 3.05) is 19.8 Å². The first-order valence-corrected chi connectivity index (χ1v) is 9.09. The van der Waals surface area contributed by atoms with Crippen LogP contribution in [0.15, 0.2) is 0 Å². The summed E-state index contributed by atoms with van der Waals surface area (Å²) in [4.78, 5) is 0. The Kier molecular flexibility index (Phi) is 3.64. The van der Waals surface area contributed by atoms with Crippen molar-refractivity contribution in [3.8, 4) is 0 Å². The summed E-state index contributed by atoms with van der Waals surface area (Å²) in [7, 11) is 0. The number of aliphatic hydroxyl groups is 2. The van der Waals surface area contributed by atoms with Gasteiger partial charge in [0.1, 0.15) is 11.7 Å². The summed E-state index contributed by atoms with van der Waals surface area (Å²) in [5.74, 6) is 0.609. The Balaban J connectivity index is 1.81. The number of fused-ring (bicyclic) bond motifs is 1. The normalized spacial score (nSPS) is 54.4. The second-order valence-corrected chi connectivity index (χ2v) is 8.73. The first-order valence-electron chi connectivity index (χ1n) is 9.09. The number of aliphatic hydroxyl groups excluding tert-OH is 2. The molecule has 0 radical (unpaired) electrons. The number of rotatable bonds is 2. The van der Waals surface area contributed by atoms with E-state index in [4.69, 9.17) is 14.2 Å². The molecule has 1 spiro atoms. The van der Waals surface area contributed by atoms with E-state index in [0.717, 1.165) is 6.42 Å². The minimum absolute atomic E-state index is 0.0116. The fraction of sp³-hybridized carbons (Fsp3) is 1.00. The lowest BCUT2D eigenvalue weighted by atomic mass is 9.56. The van der Waals surface area contributed by atoms with Gasteiger partial charge < -0.3 is 24.4 Å². The minimum atomic E-state index is -0.671. The van der Waals surface area contributed by atoms with Gasteiger partial charge in [0, 0.05) is 12.5 Å². The fourth-order valence-electron chi connectivity index (χ4n) is 6.31. The van der Waals surface area contributed by atoms with Crippen molar-refractivity contribution in [3.05, 3.63) is 0 Å². The number of hydrogen-bond donors (Lipinski definition) is 2. The smallest absolute Gasteiger partial charge is 0.163 e. The molecule has 2 heterocycles. The van der Waals surface area contributed by atoms with Crippen LogP contribution in [0.2, 0.25) is 0 Å². The number of hydrogen-bond acceptors (Lipinski definition) is 5. The zero-order valence-corrected chi connectivity index (χ0v) is 14.5. The molecule has 132 valence electrons. The Morgan fingerprint density at radius 3 is 2.61 bits per heavy atom. The Hall–Kier alpha value is -0.200. The molecule has 0 aromatic rings. The van der Waals surface area contributed by atoms with Gasteiger partial charge in [0.25, 0.3) is 0 Å². The second kappa shape index (κ2) is 5.15. The lowest BCUT2D eigenvalue weighted by molar-refractivity contribution is -0.349. The summed E-state index contributed by atoms with van der Waals surface area (Å²) in [6, 6.07) is 0. The van der Waals surface area contributed by atoms with Gasteiger partial charge in [-0.1, -0.05) is 12.8 Å². The van der Waals surface area contributed by atoms with E-state index >= 15 is 0 Å². The Labute approximate surface area is 138 Å². The highest BCUT2D eigenvalue weighted by atomic mass is 16.7. The molecule has 5 heteroatoms. The lowest BCUT2D eigenvalue weighted by Crippen LogP contribution is -2.65. The van der Waals surface area contributed by atoms with Crippen LogP contribution in [0.5, 0.6) is 0 Å². The molecular weight excluding hydrogens is 296 g/mol. The van der Waals surface area contributed by atoms with Gasteiger partial charge in [0.15, 0.2) is 5.79 Å². The molecule has 4 rings (SSSR count). The highest BCUT2D eigenvalue weighted by Crippen LogP contribution is 2.63. The molecule has 7 atom stereocenters. The van der Waals surface area contributed by atoms with E-state index in [1.165, 1.54) is 19.3 Å². The average Bonchev–Trinajstić information content (AvgIpc) is 3.04. The molecule has 2 saturated carbocycles. The Bertz CT molecular complexity index is 480. The molecule has 0 unspecified atom stereocenters. The highest BCUT2D eigenvalue weighted by molar-refractivity contribution is 5.18. The Morgan fingerprint density at radius 1 is 1.13 bits per heavy atom. The van der Waals surface area contributed by atoms with Crippen LogP contribution >= 0.6 is 0 Å². The van der Waals surface area contributed by atoms with Gasteiger partial charge in [-0.15, -0.1) is 0 Å². The summed E-state index contributed by atoms with van der Waals surface area (Å²) in [6.45, 7) is 6.48. The van der Waals surface area contributed by atoms with E-state index in [2.05, 4.69) is 0 Å². The maximum absolute atomic E-state index is 10.2. The van der Waals surface area contributed by atoms with Crippen molar-refractivity contribution < 1.29 is 24.4 Å². The zero-order chi connectivity index (χ0) is 16.5. The van der Waals surface area contributed by atoms with Gasteiger partial charge in [-0.05, 0) is 51.4 Å². The van der Waals surface area contributed by atoms with Crippen molar-refractivity contribution >= 4 is 0 Å². The summed E-state index contributed by atoms with van der Waals surface area (Å²) >= 11 is 0. The van der Waals surface area contributed by atoms with Crippen molar-refractivity contribution in [1.82, 2.24) is 0 Å². The molecule has 0 amide bonds. The monoisotopic (exact) mass is 326 g/mol. The van der Waals surface area contributed by atoms with Crippen LogP contribution in [0.3, 0.4) is 0 Å². The van der Waals surface area contributed by atoms with E-state index in [1.54, 1.807) is 0 Å². The molecule has 5 nitrogen and oxygen atoms in total. The predicted molar refractivity (Wildman–Crippen MR) is 83.7 cm³/mol. The van der Waals surface area contributed by atoms with Gasteiger partial charge in [-0.2, -0.15) is 0 Å². The average molecular weight is 326 g/mol. The maximum Gasteiger partial charge on any atom is 0.163 e. The zero-order valence-electron chi connectivity index (χ0n) is 14.5. The molecule has 0 aromatic carbocycles. The van der Waals surface area contributed by atoms with Crippen LogP contribution in [-0.4, -0.2) is 53.1 Å². The van der Waals surface area contributed by atoms with E-state index in [-0.39, 0.29) is 31.2 Å². The fourth-order valence-corrected chi connectivity index (χ4v) is 6.31. The number of ether oxygens (including phenoxy) is 3. The van der Waals surface area contributed by atoms with Crippen LogP contribution in [0.4, 0.5) is 0 Å². The van der Waals surface area contributed by atoms with Gasteiger partial charge in [0.05, 0.1) is 18.8 Å². The predicted octanol–water partition coefficient (Wildman–Crippen LogP) is 1.70. The Morgan fingerprint density at radius 2 is 1.91 bits per heavy atom. The summed E-state index contributed by atoms with van der Waals surface area (Å²) in [6.07, 6.45) is 4.42. The van der Waals surface area contributed by atoms with Crippen molar-refractivity contribution in [2.24, 2.45) is 23.7 Å². The first-order chi connectivity index (χ1) is 10.9. The van der Waals surface area contributed by atoms with Gasteiger partial charge in [-0.25, -0.2) is 0 Å². The third-order valence-corrected chi connectivity index (χ3v) is 6.96. The molecule has 4 fully saturated rings. The van der Waals surface area contributed by atoms with Gasteiger partial charge in [-0.3, -0.25) is 0 Å². The largest absolute Gasteiger partial charge is 0.396 e. The molecule has 0 aromatic heterocycles. The summed E-state index contributed by atoms with van der Waals surface area (Å²) in [5.41, 5.74) is -1.12. The summed E-state index contributed by atoms with van der Waals surface area (Å²) in [5, 5.41) is 20.3. The van der Waals surface area contributed by atoms with E-state index in [1.807, 2.05) is 20.8 Å². The van der Waals surface area contributed by atoms with E-state index in [9.17, 15) is 10.2 Å². The van der Waals surface area contributed by atoms with Crippen molar-refractivity contribution in [1.29, 1.82) is 0 Å². The topological polar surface area (TPSA) is 68.2 Å². The lowest BCUT2D eigenvalue weighted by Gasteiger charge is -2.56. The SMILES string of the molecule is CC1(C)OC[C@H]2O[C@@](C)(CO)[C@@H]3[C@H](CO)[C@H]4CCC[C@H]4C[C@@]32O1. The minimum Gasteiger partial charge on any atom is -0.396 e. The standard InChI is InChI=1S/C18H30O5/c1-16(2)21-9-14-18(23-16)7-11-5-4-6-12(11)13(8-19)15(18)17(3,10-20)22-14/h11-15,19-20H,4-10H2,1-3H3/t11-,12-,13+,14+,15-,17-,18-/m0/s1. The van der Waals surface area contributed by atoms with Crippen molar-refractivity contribution in [2.45, 2.75) is 69.5 Å². The molecule has 23 heavy (non-hydrogen) atoms. The van der Waals surface area contributed by atoms with E-state index in [0.29, 0.717) is 18.4 Å². The van der Waals surface area contributed by atoms with Crippen LogP contribution < -0.4 is 0 Å². The molecule has 2 saturated heterocycles. The molecule has 2 N–H and O–H groups in total. The summed E-state index contributed by atoms with van der Waals surface area (Å²) < 4.78 is 18.7. The second-order valence-electron chi connectivity index (χ2n) is 8.73. The third-order valence-electron chi connectivity index (χ3n) is 6.96. The van der Waals surface area contributed by atoms with E-state index < -0.39 is 17.0 Å². The highest BCUT2D eigenvalue weighted by Gasteiger charge is 2.71.